The Morgan fingerprint density at radius 1 is 0.803 bits per heavy atom. The van der Waals surface area contributed by atoms with Gasteiger partial charge in [-0.05, 0) is 50.5 Å². The zero-order valence-corrected chi connectivity index (χ0v) is 41.2. The van der Waals surface area contributed by atoms with Crippen LogP contribution in [-0.4, -0.2) is 97.9 Å². The number of anilines is 1. The van der Waals surface area contributed by atoms with Crippen molar-refractivity contribution in [2.24, 2.45) is 5.92 Å². The predicted molar refractivity (Wildman–Crippen MR) is 247 cm³/mol. The zero-order chi connectivity index (χ0) is 48.4. The molecule has 2 aliphatic rings. The van der Waals surface area contributed by atoms with Crippen LogP contribution in [0, 0.1) is 5.92 Å². The van der Waals surface area contributed by atoms with Crippen molar-refractivity contribution >= 4 is 33.4 Å². The lowest BCUT2D eigenvalue weighted by Crippen LogP contribution is -2.36. The first-order chi connectivity index (χ1) is 31.5. The van der Waals surface area contributed by atoms with Crippen molar-refractivity contribution in [2.75, 3.05) is 25.6 Å². The molecule has 0 aromatic carbocycles. The molecule has 21 heteroatoms. The van der Waals surface area contributed by atoms with Gasteiger partial charge in [-0.2, -0.15) is 9.29 Å². The van der Waals surface area contributed by atoms with Crippen LogP contribution in [0.1, 0.15) is 175 Å². The van der Waals surface area contributed by atoms with Crippen molar-refractivity contribution in [3.63, 3.8) is 0 Å². The molecule has 0 saturated carbocycles. The number of hydrogen-bond acceptors (Lipinski definition) is 16. The number of ether oxygens (including phenoxy) is 4. The molecule has 19 nitrogen and oxygen atoms in total. The highest BCUT2D eigenvalue weighted by Crippen LogP contribution is 2.60. The van der Waals surface area contributed by atoms with E-state index in [2.05, 4.69) is 42.2 Å². The minimum Gasteiger partial charge on any atom is -0.462 e. The van der Waals surface area contributed by atoms with Crippen molar-refractivity contribution in [3.8, 4) is 0 Å². The highest BCUT2D eigenvalue weighted by atomic mass is 31.3. The number of carbonyl (C=O) groups excluding carboxylic acids is 2. The number of esters is 2. The number of rotatable bonds is 38. The third-order valence-corrected chi connectivity index (χ3v) is 14.4. The van der Waals surface area contributed by atoms with Crippen LogP contribution in [0.25, 0.3) is 0 Å². The van der Waals surface area contributed by atoms with E-state index < -0.39 is 83.7 Å². The van der Waals surface area contributed by atoms with Gasteiger partial charge in [0.2, 0.25) is 0 Å². The third kappa shape index (κ3) is 24.1. The van der Waals surface area contributed by atoms with Gasteiger partial charge in [0, 0.05) is 19.0 Å². The molecule has 380 valence electrons. The van der Waals surface area contributed by atoms with Gasteiger partial charge in [0.05, 0.1) is 25.4 Å². The molecule has 0 aliphatic carbocycles. The van der Waals surface area contributed by atoms with Crippen LogP contribution < -0.4 is 11.4 Å². The molecule has 66 heavy (non-hydrogen) atoms. The van der Waals surface area contributed by atoms with Gasteiger partial charge in [0.25, 0.3) is 0 Å². The second kappa shape index (κ2) is 31.6. The maximum atomic E-state index is 12.8. The van der Waals surface area contributed by atoms with E-state index in [0.29, 0.717) is 25.0 Å². The highest BCUT2D eigenvalue weighted by Gasteiger charge is 2.46. The molecule has 2 saturated heterocycles. The van der Waals surface area contributed by atoms with Crippen molar-refractivity contribution in [1.82, 2.24) is 9.55 Å². The van der Waals surface area contributed by atoms with Gasteiger partial charge < -0.3 is 44.7 Å². The molecule has 2 aliphatic heterocycles. The number of hydrogen-bond donors (Lipinski definition) is 5. The first kappa shape index (κ1) is 57.8. The number of phosphoric acid groups is 2. The number of phosphoric ester groups is 2. The summed E-state index contributed by atoms with van der Waals surface area (Å²) in [5.74, 6) is -0.553. The second-order valence-corrected chi connectivity index (χ2v) is 20.6. The Labute approximate surface area is 390 Å². The average molecular weight is 980 g/mol. The van der Waals surface area contributed by atoms with Gasteiger partial charge >= 0.3 is 33.3 Å². The van der Waals surface area contributed by atoms with Gasteiger partial charge in [0.15, 0.2) is 12.3 Å². The Morgan fingerprint density at radius 2 is 1.44 bits per heavy atom. The van der Waals surface area contributed by atoms with Gasteiger partial charge in [-0.15, -0.1) is 0 Å². The van der Waals surface area contributed by atoms with E-state index in [1.807, 2.05) is 0 Å². The largest absolute Gasteiger partial charge is 0.481 e. The van der Waals surface area contributed by atoms with Crippen LogP contribution in [0.3, 0.4) is 0 Å². The Kier molecular flexibility index (Phi) is 27.6. The van der Waals surface area contributed by atoms with Gasteiger partial charge in [-0.1, -0.05) is 129 Å². The van der Waals surface area contributed by atoms with Crippen LogP contribution in [0.5, 0.6) is 0 Å². The number of nitrogens with zero attached hydrogens (tertiary/aromatic N) is 2. The van der Waals surface area contributed by atoms with Crippen molar-refractivity contribution in [2.45, 2.75) is 211 Å². The van der Waals surface area contributed by atoms with E-state index in [1.54, 1.807) is 0 Å². The van der Waals surface area contributed by atoms with E-state index >= 15 is 0 Å². The summed E-state index contributed by atoms with van der Waals surface area (Å²) in [6.45, 7) is 4.38. The fourth-order valence-electron chi connectivity index (χ4n) is 7.53. The standard InChI is InChI=1S/C45H79N3O16P2/c1-4-6-19-25-36-37(62-36)26-21-16-12-8-10-13-17-22-27-40(49)58-31-35(61-41(50)28-23-18-14-9-7-11-15-20-24-34(3)5-2)32-59-65(54,55)64-66(56,57)60-33-38-42(51)43(52)44(63-38)48-30-29-39(46)47-45(48)53/h16,21,29-30,34-38,42-44,51-52H,4-15,17-20,22-28,31-33H2,1-3H3,(H,54,55)(H,56,57)(H2,46,47,53)/b21-16-/t34?,35-,36?,37?,38-,42-,43-,44-/m1/s1. The molecule has 3 rings (SSSR count). The Balaban J connectivity index is 1.41. The van der Waals surface area contributed by atoms with E-state index in [-0.39, 0.29) is 18.7 Å². The zero-order valence-electron chi connectivity index (χ0n) is 39.4. The third-order valence-electron chi connectivity index (χ3n) is 11.8. The summed E-state index contributed by atoms with van der Waals surface area (Å²) in [5, 5.41) is 20.9. The minimum absolute atomic E-state index is 0.0464. The average Bonchev–Trinajstić information content (AvgIpc) is 3.96. The molecule has 0 radical (unpaired) electrons. The minimum atomic E-state index is -5.42. The lowest BCUT2D eigenvalue weighted by Gasteiger charge is -2.21. The first-order valence-electron chi connectivity index (χ1n) is 24.2. The first-order valence-corrected chi connectivity index (χ1v) is 27.2. The molecule has 3 heterocycles. The fourth-order valence-corrected chi connectivity index (χ4v) is 9.64. The summed E-state index contributed by atoms with van der Waals surface area (Å²) in [6, 6.07) is 1.25. The number of allylic oxidation sites excluding steroid dienone is 1. The van der Waals surface area contributed by atoms with Gasteiger partial charge in [-0.3, -0.25) is 23.2 Å². The van der Waals surface area contributed by atoms with Crippen LogP contribution in [0.2, 0.25) is 0 Å². The molecule has 10 atom stereocenters. The molecule has 6 N–H and O–H groups in total. The topological polar surface area (TPSA) is 278 Å². The molecule has 5 unspecified atom stereocenters. The van der Waals surface area contributed by atoms with E-state index in [0.717, 1.165) is 87.3 Å². The molecule has 0 bridgehead atoms. The molecular weight excluding hydrogens is 900 g/mol. The van der Waals surface area contributed by atoms with E-state index in [4.69, 9.17) is 33.7 Å². The van der Waals surface area contributed by atoms with Gasteiger partial charge in [-0.25, -0.2) is 13.9 Å². The molecule has 2 fully saturated rings. The molecule has 1 aromatic rings. The van der Waals surface area contributed by atoms with Gasteiger partial charge in [0.1, 0.15) is 30.7 Å². The Morgan fingerprint density at radius 3 is 2.11 bits per heavy atom. The summed E-state index contributed by atoms with van der Waals surface area (Å²) in [6.07, 6.45) is 20.5. The smallest absolute Gasteiger partial charge is 0.462 e. The molecular formula is C45H79N3O16P2. The predicted octanol–water partition coefficient (Wildman–Crippen LogP) is 8.12. The summed E-state index contributed by atoms with van der Waals surface area (Å²) in [7, 11) is -10.8. The maximum Gasteiger partial charge on any atom is 0.481 e. The SMILES string of the molecule is CCCCCC1OC1C/C=C\CCCCCCCC(=O)OC[C@H](COP(=O)(O)OP(=O)(O)OC[C@H]1O[C@@H](n2ccc(N)nc2=O)[C@H](O)[C@@H]1O)OC(=O)CCCCCCCCCCC(C)CC. The monoisotopic (exact) mass is 979 g/mol. The second-order valence-electron chi connectivity index (χ2n) is 17.6. The summed E-state index contributed by atoms with van der Waals surface area (Å²) in [5.41, 5.74) is 4.58. The van der Waals surface area contributed by atoms with Crippen LogP contribution in [0.15, 0.2) is 29.2 Å². The maximum absolute atomic E-state index is 12.8. The number of nitrogen functional groups attached to an aromatic ring is 1. The fraction of sp³-hybridized carbons (Fsp3) is 0.822. The lowest BCUT2D eigenvalue weighted by molar-refractivity contribution is -0.161. The highest BCUT2D eigenvalue weighted by molar-refractivity contribution is 7.61. The summed E-state index contributed by atoms with van der Waals surface area (Å²) >= 11 is 0. The summed E-state index contributed by atoms with van der Waals surface area (Å²) in [4.78, 5) is 61.8. The molecule has 1 aromatic heterocycles. The lowest BCUT2D eigenvalue weighted by atomic mass is 9.99. The van der Waals surface area contributed by atoms with Crippen molar-refractivity contribution < 1.29 is 71.0 Å². The number of nitrogens with two attached hydrogens (primary N) is 1. The van der Waals surface area contributed by atoms with E-state index in [9.17, 15) is 43.5 Å². The normalized spacial score (nSPS) is 23.3. The number of aliphatic hydroxyl groups excluding tert-OH is 2. The van der Waals surface area contributed by atoms with Crippen LogP contribution in [-0.2, 0) is 51.0 Å². The number of carbonyl (C=O) groups is 2. The number of aliphatic hydroxyl groups is 2. The van der Waals surface area contributed by atoms with Crippen LogP contribution >= 0.6 is 15.6 Å². The summed E-state index contributed by atoms with van der Waals surface area (Å²) < 4.78 is 62.4. The Hall–Kier alpha value is -2.54. The van der Waals surface area contributed by atoms with Crippen molar-refractivity contribution in [1.29, 1.82) is 0 Å². The number of aromatic nitrogens is 2. The number of unbranched alkanes of at least 4 members (excludes halogenated alkanes) is 14. The quantitative estimate of drug-likeness (QED) is 0.0137. The molecule has 0 amide bonds. The van der Waals surface area contributed by atoms with Crippen molar-refractivity contribution in [3.05, 3.63) is 34.9 Å². The Bertz CT molecular complexity index is 1740. The number of epoxide rings is 1. The molecule has 0 spiro atoms. The van der Waals surface area contributed by atoms with E-state index in [1.165, 1.54) is 57.4 Å². The van der Waals surface area contributed by atoms with Crippen LogP contribution in [0.4, 0.5) is 5.82 Å².